The molecule has 0 bridgehead atoms. The number of carboxylic acid groups (broad SMARTS) is 1. The molecule has 0 saturated heterocycles. The summed E-state index contributed by atoms with van der Waals surface area (Å²) < 4.78 is 0. The maximum absolute atomic E-state index is 11.9. The number of nitrogens with zero attached hydrogens (tertiary/aromatic N) is 1. The van der Waals surface area contributed by atoms with Crippen LogP contribution in [0.4, 0.5) is 0 Å². The predicted molar refractivity (Wildman–Crippen MR) is 74.7 cm³/mol. The van der Waals surface area contributed by atoms with Crippen molar-refractivity contribution in [3.8, 4) is 0 Å². The van der Waals surface area contributed by atoms with Crippen LogP contribution in [0.1, 0.15) is 52.8 Å². The van der Waals surface area contributed by atoms with Gasteiger partial charge in [-0.1, -0.05) is 25.0 Å². The number of hydrogen-bond donors (Lipinski definition) is 1. The molecule has 22 heavy (non-hydrogen) atoms. The number of amides is 2. The summed E-state index contributed by atoms with van der Waals surface area (Å²) in [4.78, 5) is 43.8. The molecular weight excluding hydrogens is 290 g/mol. The number of carbonyl (C=O) groups excluding carboxylic acids is 2. The standard InChI is InChI=1S/C15H17NO6/c17-13(18)9-3-1-2-6-10-21-22-16-14(19)11-7-4-5-8-12(11)15(16)20/h4-5,7-8H,1-3,6,9-10H2,(H,17,18). The first-order chi connectivity index (χ1) is 10.6. The highest BCUT2D eigenvalue weighted by atomic mass is 17.3. The Morgan fingerprint density at radius 2 is 1.59 bits per heavy atom. The van der Waals surface area contributed by atoms with Gasteiger partial charge in [0.15, 0.2) is 0 Å². The van der Waals surface area contributed by atoms with Crippen molar-refractivity contribution < 1.29 is 29.4 Å². The van der Waals surface area contributed by atoms with Gasteiger partial charge in [0.25, 0.3) is 11.8 Å². The van der Waals surface area contributed by atoms with E-state index in [-0.39, 0.29) is 13.0 Å². The molecular formula is C15H17NO6. The largest absolute Gasteiger partial charge is 0.481 e. The van der Waals surface area contributed by atoms with Gasteiger partial charge in [0, 0.05) is 6.42 Å². The van der Waals surface area contributed by atoms with Crippen LogP contribution in [0.15, 0.2) is 24.3 Å². The first kappa shape index (κ1) is 16.1. The third-order valence-corrected chi connectivity index (χ3v) is 3.25. The Morgan fingerprint density at radius 1 is 1.00 bits per heavy atom. The van der Waals surface area contributed by atoms with Gasteiger partial charge in [-0.2, -0.15) is 0 Å². The van der Waals surface area contributed by atoms with Gasteiger partial charge in [-0.3, -0.25) is 14.4 Å². The van der Waals surface area contributed by atoms with Gasteiger partial charge in [0.2, 0.25) is 0 Å². The fraction of sp³-hybridized carbons (Fsp3) is 0.400. The number of carbonyl (C=O) groups is 3. The van der Waals surface area contributed by atoms with Crippen LogP contribution in [0.25, 0.3) is 0 Å². The number of benzene rings is 1. The molecule has 0 radical (unpaired) electrons. The summed E-state index contributed by atoms with van der Waals surface area (Å²) in [5.74, 6) is -1.88. The van der Waals surface area contributed by atoms with Crippen LogP contribution < -0.4 is 0 Å². The van der Waals surface area contributed by atoms with E-state index in [9.17, 15) is 14.4 Å². The van der Waals surface area contributed by atoms with Gasteiger partial charge in [-0.25, -0.2) is 4.89 Å². The van der Waals surface area contributed by atoms with Crippen molar-refractivity contribution in [3.63, 3.8) is 0 Å². The highest BCUT2D eigenvalue weighted by Crippen LogP contribution is 2.22. The summed E-state index contributed by atoms with van der Waals surface area (Å²) in [6.07, 6.45) is 3.01. The molecule has 0 unspecified atom stereocenters. The SMILES string of the molecule is O=C(O)CCCCCCOON1C(=O)c2ccccc2C1=O. The summed E-state index contributed by atoms with van der Waals surface area (Å²) in [6, 6.07) is 6.46. The molecule has 0 atom stereocenters. The van der Waals surface area contributed by atoms with E-state index in [1.165, 1.54) is 0 Å². The maximum atomic E-state index is 11.9. The number of unbranched alkanes of at least 4 members (excludes halogenated alkanes) is 3. The third kappa shape index (κ3) is 3.90. The van der Waals surface area contributed by atoms with Crippen LogP contribution in [0.5, 0.6) is 0 Å². The summed E-state index contributed by atoms with van der Waals surface area (Å²) in [5, 5.41) is 9.09. The van der Waals surface area contributed by atoms with Crippen LogP contribution in [0.2, 0.25) is 0 Å². The minimum Gasteiger partial charge on any atom is -0.481 e. The molecule has 2 amide bonds. The van der Waals surface area contributed by atoms with E-state index in [1.807, 2.05) is 0 Å². The van der Waals surface area contributed by atoms with Crippen molar-refractivity contribution in [2.24, 2.45) is 0 Å². The monoisotopic (exact) mass is 307 g/mol. The van der Waals surface area contributed by atoms with Crippen LogP contribution in [0.3, 0.4) is 0 Å². The molecule has 7 nitrogen and oxygen atoms in total. The lowest BCUT2D eigenvalue weighted by Crippen LogP contribution is -2.30. The minimum absolute atomic E-state index is 0.159. The molecule has 0 saturated carbocycles. The van der Waals surface area contributed by atoms with Gasteiger partial charge in [0.1, 0.15) is 0 Å². The molecule has 0 aliphatic carbocycles. The zero-order chi connectivity index (χ0) is 15.9. The molecule has 2 rings (SSSR count). The summed E-state index contributed by atoms with van der Waals surface area (Å²) >= 11 is 0. The number of imide groups is 1. The van der Waals surface area contributed by atoms with Gasteiger partial charge in [0.05, 0.1) is 17.7 Å². The molecule has 1 aliphatic heterocycles. The molecule has 1 heterocycles. The second-order valence-electron chi connectivity index (χ2n) is 4.90. The highest BCUT2D eigenvalue weighted by Gasteiger charge is 2.37. The van der Waals surface area contributed by atoms with Gasteiger partial charge in [-0.15, -0.1) is 10.1 Å². The van der Waals surface area contributed by atoms with E-state index in [1.54, 1.807) is 24.3 Å². The quantitative estimate of drug-likeness (QED) is 0.325. The first-order valence-electron chi connectivity index (χ1n) is 7.10. The molecule has 0 spiro atoms. The molecule has 1 aromatic rings. The van der Waals surface area contributed by atoms with Crippen molar-refractivity contribution in [1.29, 1.82) is 0 Å². The van der Waals surface area contributed by atoms with Crippen molar-refractivity contribution in [2.75, 3.05) is 6.61 Å². The van der Waals surface area contributed by atoms with E-state index in [2.05, 4.69) is 0 Å². The van der Waals surface area contributed by atoms with E-state index >= 15 is 0 Å². The Kier molecular flexibility index (Phi) is 5.62. The van der Waals surface area contributed by atoms with Crippen molar-refractivity contribution in [3.05, 3.63) is 35.4 Å². The van der Waals surface area contributed by atoms with Crippen molar-refractivity contribution >= 4 is 17.8 Å². The van der Waals surface area contributed by atoms with E-state index in [0.29, 0.717) is 29.0 Å². The Balaban J connectivity index is 1.65. The number of rotatable bonds is 9. The number of hydrogen-bond acceptors (Lipinski definition) is 5. The maximum Gasteiger partial charge on any atom is 0.303 e. The first-order valence-corrected chi connectivity index (χ1v) is 7.10. The van der Waals surface area contributed by atoms with Crippen LogP contribution in [0, 0.1) is 0 Å². The van der Waals surface area contributed by atoms with E-state index < -0.39 is 17.8 Å². The van der Waals surface area contributed by atoms with Crippen LogP contribution in [-0.2, 0) is 14.7 Å². The van der Waals surface area contributed by atoms with Crippen molar-refractivity contribution in [2.45, 2.75) is 32.1 Å². The summed E-state index contributed by atoms with van der Waals surface area (Å²) in [5.41, 5.74) is 0.592. The zero-order valence-corrected chi connectivity index (χ0v) is 12.0. The Morgan fingerprint density at radius 3 is 2.18 bits per heavy atom. The summed E-state index contributed by atoms with van der Waals surface area (Å²) in [7, 11) is 0. The Hall–Kier alpha value is -2.25. The fourth-order valence-electron chi connectivity index (χ4n) is 2.12. The highest BCUT2D eigenvalue weighted by molar-refractivity contribution is 6.20. The lowest BCUT2D eigenvalue weighted by Gasteiger charge is -2.11. The smallest absolute Gasteiger partial charge is 0.303 e. The van der Waals surface area contributed by atoms with E-state index in [0.717, 1.165) is 12.8 Å². The van der Waals surface area contributed by atoms with Crippen LogP contribution >= 0.6 is 0 Å². The average Bonchev–Trinajstić information content (AvgIpc) is 2.74. The number of fused-ring (bicyclic) bond motifs is 1. The minimum atomic E-state index is -0.801. The van der Waals surface area contributed by atoms with E-state index in [4.69, 9.17) is 15.0 Å². The number of hydroxylamine groups is 2. The average molecular weight is 307 g/mol. The molecule has 7 heteroatoms. The number of aliphatic carboxylic acids is 1. The van der Waals surface area contributed by atoms with Gasteiger partial charge < -0.3 is 5.11 Å². The van der Waals surface area contributed by atoms with Crippen molar-refractivity contribution in [1.82, 2.24) is 5.06 Å². The van der Waals surface area contributed by atoms with Gasteiger partial charge >= 0.3 is 5.97 Å². The lowest BCUT2D eigenvalue weighted by molar-refractivity contribution is -0.385. The number of carboxylic acids is 1. The zero-order valence-electron chi connectivity index (χ0n) is 12.0. The van der Waals surface area contributed by atoms with Crippen LogP contribution in [-0.4, -0.2) is 34.6 Å². The molecule has 1 aromatic carbocycles. The molecule has 0 fully saturated rings. The molecule has 1 N–H and O–H groups in total. The topological polar surface area (TPSA) is 93.1 Å². The summed E-state index contributed by atoms with van der Waals surface area (Å²) in [6.45, 7) is 0.223. The molecule has 1 aliphatic rings. The fourth-order valence-corrected chi connectivity index (χ4v) is 2.12. The third-order valence-electron chi connectivity index (χ3n) is 3.25. The second-order valence-corrected chi connectivity index (χ2v) is 4.90. The second kappa shape index (κ2) is 7.67. The van der Waals surface area contributed by atoms with Gasteiger partial charge in [-0.05, 0) is 25.0 Å². The lowest BCUT2D eigenvalue weighted by atomic mass is 10.1. The molecule has 0 aromatic heterocycles. The normalized spacial score (nSPS) is 13.5. The predicted octanol–water partition coefficient (Wildman–Crippen LogP) is 2.18. The Bertz CT molecular complexity index is 536. The Labute approximate surface area is 127 Å². The molecule has 118 valence electrons.